The number of nitrogen functional groups attached to an aromatic ring is 1. The first kappa shape index (κ1) is 12.5. The molecule has 0 spiro atoms. The maximum Gasteiger partial charge on any atom is 0.392 e. The van der Waals surface area contributed by atoms with Crippen LogP contribution in [0.4, 0.5) is 19.1 Å². The van der Waals surface area contributed by atoms with Crippen molar-refractivity contribution >= 4 is 27.5 Å². The second-order valence-electron chi connectivity index (χ2n) is 4.61. The fourth-order valence-electron chi connectivity index (χ4n) is 2.44. The Labute approximate surface area is 109 Å². The van der Waals surface area contributed by atoms with E-state index >= 15 is 0 Å². The average Bonchev–Trinajstić information content (AvgIpc) is 2.66. The second kappa shape index (κ2) is 3.96. The van der Waals surface area contributed by atoms with Gasteiger partial charge in [0.2, 0.25) is 5.95 Å². The van der Waals surface area contributed by atoms with Crippen molar-refractivity contribution in [1.29, 1.82) is 0 Å². The van der Waals surface area contributed by atoms with Crippen molar-refractivity contribution in [3.05, 3.63) is 20.8 Å². The van der Waals surface area contributed by atoms with Crippen molar-refractivity contribution in [2.75, 3.05) is 5.73 Å². The van der Waals surface area contributed by atoms with Gasteiger partial charge in [-0.3, -0.25) is 9.78 Å². The summed E-state index contributed by atoms with van der Waals surface area (Å²) in [7, 11) is 0. The van der Waals surface area contributed by atoms with Gasteiger partial charge in [-0.1, -0.05) is 0 Å². The predicted molar refractivity (Wildman–Crippen MR) is 66.2 cm³/mol. The molecule has 0 saturated carbocycles. The lowest BCUT2D eigenvalue weighted by molar-refractivity contribution is -0.176. The highest BCUT2D eigenvalue weighted by Gasteiger charge is 2.42. The highest BCUT2D eigenvalue weighted by atomic mass is 32.1. The molecule has 0 aliphatic heterocycles. The molecule has 8 heteroatoms. The lowest BCUT2D eigenvalue weighted by atomic mass is 9.87. The molecular weight excluding hydrogens is 279 g/mol. The zero-order valence-corrected chi connectivity index (χ0v) is 10.5. The van der Waals surface area contributed by atoms with Gasteiger partial charge in [-0.25, -0.2) is 4.98 Å². The fraction of sp³-hybridized carbons (Fsp3) is 0.455. The molecule has 0 bridgehead atoms. The first-order valence-electron chi connectivity index (χ1n) is 5.73. The number of nitrogens with zero attached hydrogens (tertiary/aromatic N) is 1. The molecule has 4 nitrogen and oxygen atoms in total. The van der Waals surface area contributed by atoms with Crippen molar-refractivity contribution < 1.29 is 13.2 Å². The number of halogens is 3. The molecule has 1 atom stereocenters. The van der Waals surface area contributed by atoms with E-state index in [0.29, 0.717) is 22.2 Å². The van der Waals surface area contributed by atoms with Crippen LogP contribution in [-0.2, 0) is 12.8 Å². The Morgan fingerprint density at radius 3 is 2.84 bits per heavy atom. The van der Waals surface area contributed by atoms with Crippen LogP contribution in [0.5, 0.6) is 0 Å². The van der Waals surface area contributed by atoms with Crippen LogP contribution in [0, 0.1) is 5.92 Å². The van der Waals surface area contributed by atoms with Crippen LogP contribution in [-0.4, -0.2) is 16.1 Å². The standard InChI is InChI=1S/C11H10F3N3OS/c12-11(13,14)4-1-2-6-5(3-4)7-8(19-6)9(18)17-10(15)16-7/h4H,1-3H2,(H3,15,16,17,18). The maximum absolute atomic E-state index is 12.8. The molecule has 1 unspecified atom stereocenters. The van der Waals surface area contributed by atoms with E-state index in [1.807, 2.05) is 0 Å². The maximum atomic E-state index is 12.8. The number of fused-ring (bicyclic) bond motifs is 3. The molecule has 2 aromatic heterocycles. The van der Waals surface area contributed by atoms with Crippen LogP contribution in [0.15, 0.2) is 4.79 Å². The largest absolute Gasteiger partial charge is 0.392 e. The Hall–Kier alpha value is -1.57. The van der Waals surface area contributed by atoms with Crippen LogP contribution in [0.1, 0.15) is 16.9 Å². The van der Waals surface area contributed by atoms with Crippen LogP contribution in [0.2, 0.25) is 0 Å². The van der Waals surface area contributed by atoms with Crippen LogP contribution in [0.25, 0.3) is 10.2 Å². The Balaban J connectivity index is 2.16. The van der Waals surface area contributed by atoms with Gasteiger partial charge in [-0.15, -0.1) is 11.3 Å². The molecule has 0 amide bonds. The van der Waals surface area contributed by atoms with Crippen molar-refractivity contribution in [2.45, 2.75) is 25.4 Å². The number of nitrogens with two attached hydrogens (primary N) is 1. The number of alkyl halides is 3. The molecule has 1 aliphatic rings. The topological polar surface area (TPSA) is 71.8 Å². The minimum Gasteiger partial charge on any atom is -0.369 e. The molecule has 0 radical (unpaired) electrons. The van der Waals surface area contributed by atoms with Gasteiger partial charge < -0.3 is 5.73 Å². The van der Waals surface area contributed by atoms with Gasteiger partial charge in [0.15, 0.2) is 0 Å². The van der Waals surface area contributed by atoms with Gasteiger partial charge in [-0.05, 0) is 24.8 Å². The van der Waals surface area contributed by atoms with Crippen molar-refractivity contribution in [2.24, 2.45) is 5.92 Å². The third kappa shape index (κ3) is 1.99. The normalized spacial score (nSPS) is 19.6. The Morgan fingerprint density at radius 2 is 2.16 bits per heavy atom. The Morgan fingerprint density at radius 1 is 1.42 bits per heavy atom. The molecule has 0 saturated heterocycles. The molecule has 19 heavy (non-hydrogen) atoms. The van der Waals surface area contributed by atoms with E-state index in [0.717, 1.165) is 4.88 Å². The van der Waals surface area contributed by atoms with E-state index in [1.165, 1.54) is 11.3 Å². The number of H-pyrrole nitrogens is 1. The third-order valence-electron chi connectivity index (χ3n) is 3.38. The lowest BCUT2D eigenvalue weighted by Gasteiger charge is -2.24. The SMILES string of the molecule is Nc1nc2c3c(sc2c(=O)[nH]1)CCC(C(F)(F)F)C3. The summed E-state index contributed by atoms with van der Waals surface area (Å²) in [5.41, 5.74) is 5.93. The van der Waals surface area contributed by atoms with E-state index < -0.39 is 12.1 Å². The van der Waals surface area contributed by atoms with Crippen LogP contribution < -0.4 is 11.3 Å². The fourth-order valence-corrected chi connectivity index (χ4v) is 3.62. The molecular formula is C11H10F3N3OS. The van der Waals surface area contributed by atoms with Gasteiger partial charge >= 0.3 is 6.18 Å². The van der Waals surface area contributed by atoms with Gasteiger partial charge in [0.05, 0.1) is 11.4 Å². The summed E-state index contributed by atoms with van der Waals surface area (Å²) < 4.78 is 38.7. The van der Waals surface area contributed by atoms with Crippen LogP contribution >= 0.6 is 11.3 Å². The highest BCUT2D eigenvalue weighted by molar-refractivity contribution is 7.19. The summed E-state index contributed by atoms with van der Waals surface area (Å²) in [5.74, 6) is -1.42. The number of aromatic nitrogens is 2. The summed E-state index contributed by atoms with van der Waals surface area (Å²) in [6, 6.07) is 0. The number of hydrogen-bond donors (Lipinski definition) is 2. The number of rotatable bonds is 0. The van der Waals surface area contributed by atoms with Gasteiger partial charge in [0.1, 0.15) is 4.70 Å². The highest BCUT2D eigenvalue weighted by Crippen LogP contribution is 2.41. The number of hydrogen-bond acceptors (Lipinski definition) is 4. The van der Waals surface area contributed by atoms with Crippen molar-refractivity contribution in [3.63, 3.8) is 0 Å². The molecule has 102 valence electrons. The summed E-state index contributed by atoms with van der Waals surface area (Å²) in [6.45, 7) is 0. The molecule has 1 aliphatic carbocycles. The van der Waals surface area contributed by atoms with E-state index in [1.54, 1.807) is 0 Å². The predicted octanol–water partition coefficient (Wildman–Crippen LogP) is 2.23. The summed E-state index contributed by atoms with van der Waals surface area (Å²) in [6.07, 6.45) is -3.93. The molecule has 0 fully saturated rings. The first-order chi connectivity index (χ1) is 8.86. The summed E-state index contributed by atoms with van der Waals surface area (Å²) in [4.78, 5) is 18.9. The third-order valence-corrected chi connectivity index (χ3v) is 4.66. The lowest BCUT2D eigenvalue weighted by Crippen LogP contribution is -2.28. The second-order valence-corrected chi connectivity index (χ2v) is 5.72. The smallest absolute Gasteiger partial charge is 0.369 e. The minimum absolute atomic E-state index is 0.0627. The van der Waals surface area contributed by atoms with E-state index in [2.05, 4.69) is 9.97 Å². The zero-order chi connectivity index (χ0) is 13.8. The number of anilines is 1. The Bertz CT molecular complexity index is 703. The number of thiophene rings is 1. The van der Waals surface area contributed by atoms with E-state index in [9.17, 15) is 18.0 Å². The van der Waals surface area contributed by atoms with E-state index in [4.69, 9.17) is 5.73 Å². The summed E-state index contributed by atoms with van der Waals surface area (Å²) >= 11 is 1.22. The zero-order valence-electron chi connectivity index (χ0n) is 9.67. The van der Waals surface area contributed by atoms with Crippen LogP contribution in [0.3, 0.4) is 0 Å². The van der Waals surface area contributed by atoms with Gasteiger partial charge in [-0.2, -0.15) is 13.2 Å². The minimum atomic E-state index is -4.21. The molecule has 3 N–H and O–H groups in total. The van der Waals surface area contributed by atoms with Gasteiger partial charge in [0.25, 0.3) is 5.56 Å². The number of nitrogens with one attached hydrogen (secondary N) is 1. The number of aryl methyl sites for hydroxylation is 1. The number of aromatic amines is 1. The first-order valence-corrected chi connectivity index (χ1v) is 6.54. The van der Waals surface area contributed by atoms with Crippen molar-refractivity contribution in [3.8, 4) is 0 Å². The van der Waals surface area contributed by atoms with E-state index in [-0.39, 0.29) is 24.3 Å². The molecule has 2 aromatic rings. The quantitative estimate of drug-likeness (QED) is 0.781. The van der Waals surface area contributed by atoms with Crippen molar-refractivity contribution in [1.82, 2.24) is 9.97 Å². The molecule has 2 heterocycles. The molecule has 3 rings (SSSR count). The Kier molecular flexibility index (Phi) is 2.60. The van der Waals surface area contributed by atoms with Gasteiger partial charge in [0, 0.05) is 4.88 Å². The monoisotopic (exact) mass is 289 g/mol. The summed E-state index contributed by atoms with van der Waals surface area (Å²) in [5, 5.41) is 0. The average molecular weight is 289 g/mol. The molecule has 0 aromatic carbocycles.